The first-order chi connectivity index (χ1) is 12.7. The van der Waals surface area contributed by atoms with Crippen molar-refractivity contribution in [1.82, 2.24) is 4.90 Å². The predicted octanol–water partition coefficient (Wildman–Crippen LogP) is 3.96. The molecule has 3 rings (SSSR count). The van der Waals surface area contributed by atoms with Crippen molar-refractivity contribution in [2.45, 2.75) is 32.3 Å². The fourth-order valence-corrected chi connectivity index (χ4v) is 3.00. The third-order valence-corrected chi connectivity index (χ3v) is 4.25. The van der Waals surface area contributed by atoms with Crippen molar-refractivity contribution in [2.24, 2.45) is 0 Å². The van der Waals surface area contributed by atoms with E-state index >= 15 is 0 Å². The maximum atomic E-state index is 12.5. The second-order valence-electron chi connectivity index (χ2n) is 6.24. The molecule has 0 aliphatic carbocycles. The van der Waals surface area contributed by atoms with Gasteiger partial charge in [0.05, 0.1) is 5.69 Å². The van der Waals surface area contributed by atoms with Gasteiger partial charge in [-0.05, 0) is 30.7 Å². The van der Waals surface area contributed by atoms with Gasteiger partial charge in [0, 0.05) is 24.6 Å². The molecule has 0 aromatic heterocycles. The van der Waals surface area contributed by atoms with Crippen LogP contribution in [-0.4, -0.2) is 29.1 Å². The molecule has 1 aliphatic rings. The van der Waals surface area contributed by atoms with E-state index in [0.29, 0.717) is 12.1 Å². The average Bonchev–Trinajstić information content (AvgIpc) is 2.93. The number of para-hydroxylation sites is 2. The number of amides is 2. The van der Waals surface area contributed by atoms with Gasteiger partial charge in [-0.25, -0.2) is 0 Å². The van der Waals surface area contributed by atoms with E-state index in [0.717, 1.165) is 11.6 Å². The van der Waals surface area contributed by atoms with Crippen molar-refractivity contribution in [3.05, 3.63) is 59.7 Å². The number of carbonyl (C=O) groups excluding carboxylic acids is 2. The Morgan fingerprint density at radius 2 is 1.85 bits per heavy atom. The number of fused-ring (bicyclic) bond motifs is 1. The number of ether oxygens (including phenoxy) is 1. The molecular weight excluding hydrogens is 361 g/mol. The van der Waals surface area contributed by atoms with E-state index in [1.165, 1.54) is 18.2 Å². The van der Waals surface area contributed by atoms with Gasteiger partial charge < -0.3 is 15.0 Å². The number of halogens is 3. The van der Waals surface area contributed by atoms with Gasteiger partial charge in [0.15, 0.2) is 5.75 Å². The molecule has 1 unspecified atom stereocenters. The fraction of sp³-hybridized carbons (Fsp3) is 0.263. The molecule has 1 aliphatic heterocycles. The first-order valence-electron chi connectivity index (χ1n) is 8.28. The van der Waals surface area contributed by atoms with Crippen molar-refractivity contribution in [1.29, 1.82) is 0 Å². The lowest BCUT2D eigenvalue weighted by Crippen LogP contribution is -2.36. The molecule has 8 heteroatoms. The number of benzene rings is 2. The van der Waals surface area contributed by atoms with E-state index in [2.05, 4.69) is 10.1 Å². The number of rotatable bonds is 5. The predicted molar refractivity (Wildman–Crippen MR) is 92.1 cm³/mol. The van der Waals surface area contributed by atoms with Crippen LogP contribution in [0.1, 0.15) is 29.3 Å². The zero-order valence-electron chi connectivity index (χ0n) is 14.4. The van der Waals surface area contributed by atoms with E-state index in [9.17, 15) is 22.8 Å². The van der Waals surface area contributed by atoms with E-state index < -0.39 is 24.1 Å². The van der Waals surface area contributed by atoms with E-state index in [-0.39, 0.29) is 18.0 Å². The summed E-state index contributed by atoms with van der Waals surface area (Å²) in [6.07, 6.45) is -4.91. The van der Waals surface area contributed by atoms with Crippen LogP contribution in [0.15, 0.2) is 48.5 Å². The maximum absolute atomic E-state index is 12.5. The molecule has 2 aromatic rings. The molecule has 0 radical (unpaired) electrons. The number of carbonyl (C=O) groups is 2. The molecule has 1 N–H and O–H groups in total. The number of nitrogens with one attached hydrogen (secondary N) is 1. The molecule has 0 fully saturated rings. The van der Waals surface area contributed by atoms with Crippen molar-refractivity contribution >= 4 is 17.5 Å². The smallest absolute Gasteiger partial charge is 0.404 e. The van der Waals surface area contributed by atoms with E-state index in [4.69, 9.17) is 0 Å². The number of nitrogens with zero attached hydrogens (tertiary/aromatic N) is 1. The van der Waals surface area contributed by atoms with Crippen LogP contribution >= 0.6 is 0 Å². The van der Waals surface area contributed by atoms with Gasteiger partial charge in [-0.2, -0.15) is 0 Å². The Hall–Kier alpha value is -3.03. The number of hydrogen-bond donors (Lipinski definition) is 1. The normalized spacial score (nSPS) is 14.7. The third kappa shape index (κ3) is 4.39. The van der Waals surface area contributed by atoms with Crippen LogP contribution < -0.4 is 10.1 Å². The summed E-state index contributed by atoms with van der Waals surface area (Å²) in [5.41, 5.74) is 1.41. The van der Waals surface area contributed by atoms with E-state index in [1.54, 1.807) is 24.0 Å². The minimum atomic E-state index is -4.86. The quantitative estimate of drug-likeness (QED) is 0.857. The molecule has 0 bridgehead atoms. The Kier molecular flexibility index (Phi) is 5.07. The summed E-state index contributed by atoms with van der Waals surface area (Å²) < 4.78 is 41.3. The zero-order valence-corrected chi connectivity index (χ0v) is 14.4. The van der Waals surface area contributed by atoms with Crippen molar-refractivity contribution in [3.8, 4) is 5.75 Å². The van der Waals surface area contributed by atoms with Gasteiger partial charge >= 0.3 is 6.36 Å². The van der Waals surface area contributed by atoms with Crippen LogP contribution in [0, 0.1) is 0 Å². The number of hydrogen-bond acceptors (Lipinski definition) is 3. The topological polar surface area (TPSA) is 58.6 Å². The summed E-state index contributed by atoms with van der Waals surface area (Å²) in [6.45, 7) is 2.12. The van der Waals surface area contributed by atoms with Crippen LogP contribution in [0.25, 0.3) is 0 Å². The average molecular weight is 378 g/mol. The Bertz CT molecular complexity index is 867. The van der Waals surface area contributed by atoms with Crippen molar-refractivity contribution in [2.75, 3.05) is 5.32 Å². The molecule has 142 valence electrons. The molecular formula is C19H17F3N2O3. The summed E-state index contributed by atoms with van der Waals surface area (Å²) in [5, 5.41) is 2.42. The SMILES string of the molecule is CC(CC(=O)Nc1ccccc1OC(F)(F)F)N1Cc2ccccc2C1=O. The van der Waals surface area contributed by atoms with E-state index in [1.807, 2.05) is 12.1 Å². The summed E-state index contributed by atoms with van der Waals surface area (Å²) in [4.78, 5) is 26.3. The van der Waals surface area contributed by atoms with Gasteiger partial charge in [-0.1, -0.05) is 30.3 Å². The van der Waals surface area contributed by atoms with Crippen LogP contribution in [-0.2, 0) is 11.3 Å². The Morgan fingerprint density at radius 1 is 1.19 bits per heavy atom. The first-order valence-corrected chi connectivity index (χ1v) is 8.28. The number of alkyl halides is 3. The van der Waals surface area contributed by atoms with Crippen LogP contribution in [0.5, 0.6) is 5.75 Å². The van der Waals surface area contributed by atoms with Crippen LogP contribution in [0.3, 0.4) is 0 Å². The minimum Gasteiger partial charge on any atom is -0.404 e. The summed E-state index contributed by atoms with van der Waals surface area (Å²) in [7, 11) is 0. The van der Waals surface area contributed by atoms with Crippen molar-refractivity contribution in [3.63, 3.8) is 0 Å². The Balaban J connectivity index is 1.65. The first kappa shape index (κ1) is 18.8. The molecule has 1 heterocycles. The highest BCUT2D eigenvalue weighted by molar-refractivity contribution is 5.99. The molecule has 0 saturated heterocycles. The van der Waals surface area contributed by atoms with Gasteiger partial charge in [0.25, 0.3) is 5.91 Å². The second-order valence-corrected chi connectivity index (χ2v) is 6.24. The molecule has 2 aromatic carbocycles. The highest BCUT2D eigenvalue weighted by atomic mass is 19.4. The van der Waals surface area contributed by atoms with Gasteiger partial charge in [-0.15, -0.1) is 13.2 Å². The Morgan fingerprint density at radius 3 is 2.56 bits per heavy atom. The summed E-state index contributed by atoms with van der Waals surface area (Å²) >= 11 is 0. The molecule has 0 spiro atoms. The lowest BCUT2D eigenvalue weighted by molar-refractivity contribution is -0.274. The van der Waals surface area contributed by atoms with Gasteiger partial charge in [0.2, 0.25) is 5.91 Å². The van der Waals surface area contributed by atoms with Gasteiger partial charge in [0.1, 0.15) is 0 Å². The van der Waals surface area contributed by atoms with Gasteiger partial charge in [-0.3, -0.25) is 9.59 Å². The van der Waals surface area contributed by atoms with Crippen LogP contribution in [0.4, 0.5) is 18.9 Å². The molecule has 1 atom stereocenters. The molecule has 2 amide bonds. The zero-order chi connectivity index (χ0) is 19.6. The van der Waals surface area contributed by atoms with Crippen LogP contribution in [0.2, 0.25) is 0 Å². The largest absolute Gasteiger partial charge is 0.573 e. The highest BCUT2D eigenvalue weighted by Crippen LogP contribution is 2.30. The maximum Gasteiger partial charge on any atom is 0.573 e. The highest BCUT2D eigenvalue weighted by Gasteiger charge is 2.33. The summed E-state index contributed by atoms with van der Waals surface area (Å²) in [5.74, 6) is -1.16. The minimum absolute atomic E-state index is 0.0555. The standard InChI is InChI=1S/C19H17F3N2O3/c1-12(24-11-13-6-2-3-7-14(13)18(24)26)10-17(25)23-15-8-4-5-9-16(15)27-19(20,21)22/h2-9,12H,10-11H2,1H3,(H,23,25). The lowest BCUT2D eigenvalue weighted by atomic mass is 10.1. The molecule has 0 saturated carbocycles. The van der Waals surface area contributed by atoms with Crippen molar-refractivity contribution < 1.29 is 27.5 Å². The third-order valence-electron chi connectivity index (χ3n) is 4.25. The fourth-order valence-electron chi connectivity index (χ4n) is 3.00. The Labute approximate surface area is 153 Å². The monoisotopic (exact) mass is 378 g/mol. The summed E-state index contributed by atoms with van der Waals surface area (Å²) in [6, 6.07) is 12.1. The molecule has 27 heavy (non-hydrogen) atoms. The molecule has 5 nitrogen and oxygen atoms in total. The number of anilines is 1. The second kappa shape index (κ2) is 7.30. The lowest BCUT2D eigenvalue weighted by Gasteiger charge is -2.24.